The molecule has 0 unspecified atom stereocenters. The molecule has 0 bridgehead atoms. The Hall–Kier alpha value is -1.58. The van der Waals surface area contributed by atoms with Crippen LogP contribution in [0.1, 0.15) is 11.5 Å². The first-order valence-electron chi connectivity index (χ1n) is 6.26. The molecule has 0 N–H and O–H groups in total. The maximum Gasteiger partial charge on any atom is 0.493 e. The first-order chi connectivity index (χ1) is 8.93. The van der Waals surface area contributed by atoms with Crippen molar-refractivity contribution < 1.29 is 9.31 Å². The van der Waals surface area contributed by atoms with E-state index in [1.165, 1.54) is 5.56 Å². The van der Waals surface area contributed by atoms with Crippen molar-refractivity contribution >= 4 is 12.6 Å². The van der Waals surface area contributed by atoms with Crippen LogP contribution < -0.4 is 5.46 Å². The maximum absolute atomic E-state index is 5.81. The van der Waals surface area contributed by atoms with Gasteiger partial charge < -0.3 is 9.31 Å². The molecule has 0 spiro atoms. The Morgan fingerprint density at radius 1 is 0.778 bits per heavy atom. The van der Waals surface area contributed by atoms with Crippen LogP contribution in [0.4, 0.5) is 0 Å². The summed E-state index contributed by atoms with van der Waals surface area (Å²) in [6, 6.07) is 20.5. The van der Waals surface area contributed by atoms with Gasteiger partial charge in [-0.05, 0) is 11.0 Å². The molecule has 2 aromatic carbocycles. The molecule has 2 aromatic rings. The molecule has 1 aliphatic heterocycles. The molecule has 1 heterocycles. The summed E-state index contributed by atoms with van der Waals surface area (Å²) in [5, 5.41) is 0. The molecule has 1 aliphatic rings. The molecule has 0 aromatic heterocycles. The van der Waals surface area contributed by atoms with Crippen molar-refractivity contribution in [3.63, 3.8) is 0 Å². The topological polar surface area (TPSA) is 18.5 Å². The van der Waals surface area contributed by atoms with Gasteiger partial charge in [-0.3, -0.25) is 0 Å². The zero-order chi connectivity index (χ0) is 12.2. The summed E-state index contributed by atoms with van der Waals surface area (Å²) < 4.78 is 11.6. The smallest absolute Gasteiger partial charge is 0.407 e. The summed E-state index contributed by atoms with van der Waals surface area (Å²) in [4.78, 5) is 0. The molecule has 2 nitrogen and oxygen atoms in total. The molecule has 0 saturated carbocycles. The lowest BCUT2D eigenvalue weighted by atomic mass is 9.77. The van der Waals surface area contributed by atoms with E-state index in [0.717, 1.165) is 5.46 Å². The van der Waals surface area contributed by atoms with Crippen LogP contribution in [0.5, 0.6) is 0 Å². The van der Waals surface area contributed by atoms with Gasteiger partial charge in [-0.1, -0.05) is 60.7 Å². The molecular formula is C15H15BO2. The van der Waals surface area contributed by atoms with E-state index >= 15 is 0 Å². The van der Waals surface area contributed by atoms with Gasteiger partial charge in [0.1, 0.15) is 0 Å². The van der Waals surface area contributed by atoms with Crippen LogP contribution in [0.2, 0.25) is 0 Å². The fourth-order valence-corrected chi connectivity index (χ4v) is 2.22. The first-order valence-corrected chi connectivity index (χ1v) is 6.26. The average molecular weight is 238 g/mol. The van der Waals surface area contributed by atoms with Gasteiger partial charge in [0.15, 0.2) is 0 Å². The summed E-state index contributed by atoms with van der Waals surface area (Å²) in [6.45, 7) is 1.42. The van der Waals surface area contributed by atoms with Crippen molar-refractivity contribution in [3.8, 4) is 0 Å². The molecule has 1 saturated heterocycles. The van der Waals surface area contributed by atoms with Crippen LogP contribution >= 0.6 is 0 Å². The van der Waals surface area contributed by atoms with E-state index in [2.05, 4.69) is 24.3 Å². The molecule has 18 heavy (non-hydrogen) atoms. The van der Waals surface area contributed by atoms with Gasteiger partial charge in [-0.15, -0.1) is 0 Å². The highest BCUT2D eigenvalue weighted by molar-refractivity contribution is 6.61. The minimum Gasteiger partial charge on any atom is -0.407 e. The number of rotatable bonds is 2. The summed E-state index contributed by atoms with van der Waals surface area (Å²) in [6.07, 6.45) is 0. The van der Waals surface area contributed by atoms with Crippen molar-refractivity contribution in [1.29, 1.82) is 0 Å². The third-order valence-corrected chi connectivity index (χ3v) is 3.24. The lowest BCUT2D eigenvalue weighted by Gasteiger charge is -2.27. The van der Waals surface area contributed by atoms with Crippen LogP contribution in [0, 0.1) is 0 Å². The van der Waals surface area contributed by atoms with E-state index in [1.54, 1.807) is 0 Å². The SMILES string of the molecule is c1ccc(B2OCC(c3ccccc3)CO2)cc1. The van der Waals surface area contributed by atoms with E-state index in [1.807, 2.05) is 36.4 Å². The van der Waals surface area contributed by atoms with Gasteiger partial charge in [-0.25, -0.2) is 0 Å². The van der Waals surface area contributed by atoms with Gasteiger partial charge in [0.05, 0.1) is 0 Å². The molecular weight excluding hydrogens is 223 g/mol. The number of benzene rings is 2. The lowest BCUT2D eigenvalue weighted by Crippen LogP contribution is -2.43. The molecule has 0 aliphatic carbocycles. The second-order valence-corrected chi connectivity index (χ2v) is 4.52. The Balaban J connectivity index is 1.65. The van der Waals surface area contributed by atoms with Crippen molar-refractivity contribution in [2.24, 2.45) is 0 Å². The highest BCUT2D eigenvalue weighted by Crippen LogP contribution is 2.20. The Labute approximate surface area is 108 Å². The van der Waals surface area contributed by atoms with Gasteiger partial charge in [0, 0.05) is 19.1 Å². The predicted molar refractivity (Wildman–Crippen MR) is 72.9 cm³/mol. The van der Waals surface area contributed by atoms with Gasteiger partial charge in [0.25, 0.3) is 0 Å². The van der Waals surface area contributed by atoms with Crippen LogP contribution in [0.15, 0.2) is 60.7 Å². The zero-order valence-corrected chi connectivity index (χ0v) is 10.2. The van der Waals surface area contributed by atoms with E-state index in [9.17, 15) is 0 Å². The molecule has 3 heteroatoms. The van der Waals surface area contributed by atoms with Crippen LogP contribution in [0.3, 0.4) is 0 Å². The number of hydrogen-bond acceptors (Lipinski definition) is 2. The monoisotopic (exact) mass is 238 g/mol. The second-order valence-electron chi connectivity index (χ2n) is 4.52. The minimum absolute atomic E-state index is 0.217. The molecule has 0 amide bonds. The van der Waals surface area contributed by atoms with E-state index in [0.29, 0.717) is 19.1 Å². The fourth-order valence-electron chi connectivity index (χ4n) is 2.22. The zero-order valence-electron chi connectivity index (χ0n) is 10.2. The van der Waals surface area contributed by atoms with E-state index in [4.69, 9.17) is 9.31 Å². The van der Waals surface area contributed by atoms with Crippen molar-refractivity contribution in [3.05, 3.63) is 66.2 Å². The van der Waals surface area contributed by atoms with E-state index in [-0.39, 0.29) is 7.12 Å². The Bertz CT molecular complexity index is 431. The molecule has 0 radical (unpaired) electrons. The van der Waals surface area contributed by atoms with Gasteiger partial charge >= 0.3 is 7.12 Å². The molecule has 3 rings (SSSR count). The van der Waals surface area contributed by atoms with Gasteiger partial charge in [-0.2, -0.15) is 0 Å². The predicted octanol–water partition coefficient (Wildman–Crippen LogP) is 2.21. The Morgan fingerprint density at radius 3 is 1.94 bits per heavy atom. The van der Waals surface area contributed by atoms with E-state index < -0.39 is 0 Å². The molecule has 90 valence electrons. The Kier molecular flexibility index (Phi) is 3.44. The quantitative estimate of drug-likeness (QED) is 0.747. The summed E-state index contributed by atoms with van der Waals surface area (Å²) in [5.41, 5.74) is 2.37. The normalized spacial score (nSPS) is 16.8. The standard InChI is InChI=1S/C15H15BO2/c1-3-7-13(8-4-1)14-11-17-16(18-12-14)15-9-5-2-6-10-15/h1-10,14H,11-12H2. The van der Waals surface area contributed by atoms with Crippen LogP contribution in [0.25, 0.3) is 0 Å². The summed E-state index contributed by atoms with van der Waals surface area (Å²) in [5.74, 6) is 0.339. The fraction of sp³-hybridized carbons (Fsp3) is 0.200. The minimum atomic E-state index is -0.217. The first kappa shape index (κ1) is 11.5. The highest BCUT2D eigenvalue weighted by Gasteiger charge is 2.29. The molecule has 0 atom stereocenters. The average Bonchev–Trinajstić information content (AvgIpc) is 2.49. The van der Waals surface area contributed by atoms with Crippen LogP contribution in [-0.4, -0.2) is 20.3 Å². The summed E-state index contributed by atoms with van der Waals surface area (Å²) >= 11 is 0. The highest BCUT2D eigenvalue weighted by atomic mass is 16.6. The third kappa shape index (κ3) is 2.47. The lowest BCUT2D eigenvalue weighted by molar-refractivity contribution is 0.121. The molecule has 1 fully saturated rings. The largest absolute Gasteiger partial charge is 0.493 e. The van der Waals surface area contributed by atoms with Crippen molar-refractivity contribution in [1.82, 2.24) is 0 Å². The van der Waals surface area contributed by atoms with Crippen molar-refractivity contribution in [2.45, 2.75) is 5.92 Å². The summed E-state index contributed by atoms with van der Waals surface area (Å²) in [7, 11) is -0.217. The second kappa shape index (κ2) is 5.38. The van der Waals surface area contributed by atoms with Gasteiger partial charge in [0.2, 0.25) is 0 Å². The van der Waals surface area contributed by atoms with Crippen LogP contribution in [-0.2, 0) is 9.31 Å². The Morgan fingerprint density at radius 2 is 1.33 bits per heavy atom. The maximum atomic E-state index is 5.81. The number of hydrogen-bond donors (Lipinski definition) is 0. The van der Waals surface area contributed by atoms with Crippen molar-refractivity contribution in [2.75, 3.05) is 13.2 Å². The third-order valence-electron chi connectivity index (χ3n) is 3.24.